The van der Waals surface area contributed by atoms with E-state index in [0.717, 1.165) is 5.56 Å². The molecule has 1 heteroatoms. The fourth-order valence-electron chi connectivity index (χ4n) is 1.33. The molecule has 0 saturated carbocycles. The van der Waals surface area contributed by atoms with Crippen LogP contribution in [-0.4, -0.2) is 5.78 Å². The first kappa shape index (κ1) is 9.72. The normalized spacial score (nSPS) is 13.1. The van der Waals surface area contributed by atoms with E-state index in [0.29, 0.717) is 0 Å². The third kappa shape index (κ3) is 2.55. The monoisotopic (exact) mass is 174 g/mol. The van der Waals surface area contributed by atoms with Crippen LogP contribution in [0.4, 0.5) is 0 Å². The first-order chi connectivity index (χ1) is 6.25. The molecule has 0 bridgehead atoms. The summed E-state index contributed by atoms with van der Waals surface area (Å²) >= 11 is 0. The minimum Gasteiger partial charge on any atom is -0.299 e. The number of rotatable bonds is 3. The van der Waals surface area contributed by atoms with Gasteiger partial charge in [0.15, 0.2) is 0 Å². The predicted octanol–water partition coefficient (Wildman–Crippen LogP) is 2.94. The van der Waals surface area contributed by atoms with Crippen LogP contribution < -0.4 is 0 Å². The molecule has 13 heavy (non-hydrogen) atoms. The van der Waals surface area contributed by atoms with Gasteiger partial charge in [-0.05, 0) is 19.4 Å². The summed E-state index contributed by atoms with van der Waals surface area (Å²) in [6.45, 7) is 3.55. The Morgan fingerprint density at radius 3 is 2.38 bits per heavy atom. The zero-order valence-corrected chi connectivity index (χ0v) is 8.03. The molecule has 1 aromatic rings. The number of hydrogen-bond donors (Lipinski definition) is 0. The van der Waals surface area contributed by atoms with E-state index in [9.17, 15) is 4.79 Å². The molecule has 0 saturated heterocycles. The van der Waals surface area contributed by atoms with E-state index in [1.54, 1.807) is 6.92 Å². The molecule has 0 aliphatic carbocycles. The summed E-state index contributed by atoms with van der Waals surface area (Å²) < 4.78 is 0. The summed E-state index contributed by atoms with van der Waals surface area (Å²) in [5.41, 5.74) is 1.06. The Morgan fingerprint density at radius 1 is 1.31 bits per heavy atom. The van der Waals surface area contributed by atoms with Gasteiger partial charge in [-0.2, -0.15) is 0 Å². The van der Waals surface area contributed by atoms with Crippen LogP contribution in [0.25, 0.3) is 0 Å². The molecule has 0 heterocycles. The van der Waals surface area contributed by atoms with Crippen molar-refractivity contribution in [2.24, 2.45) is 0 Å². The van der Waals surface area contributed by atoms with Gasteiger partial charge in [0.1, 0.15) is 5.78 Å². The highest BCUT2D eigenvalue weighted by Gasteiger charge is 2.11. The molecule has 68 valence electrons. The van der Waals surface area contributed by atoms with Gasteiger partial charge in [-0.3, -0.25) is 4.79 Å². The van der Waals surface area contributed by atoms with Gasteiger partial charge in [0.05, 0.1) is 5.92 Å². The maximum Gasteiger partial charge on any atom is 0.141 e. The Labute approximate surface area is 79.1 Å². The van der Waals surface area contributed by atoms with Gasteiger partial charge in [-0.15, -0.1) is 0 Å². The lowest BCUT2D eigenvalue weighted by Crippen LogP contribution is -2.05. The zero-order valence-electron chi connectivity index (χ0n) is 8.03. The lowest BCUT2D eigenvalue weighted by atomic mass is 9.95. The zero-order chi connectivity index (χ0) is 9.68. The fourth-order valence-corrected chi connectivity index (χ4v) is 1.33. The summed E-state index contributed by atoms with van der Waals surface area (Å²) in [4.78, 5) is 11.3. The third-order valence-electron chi connectivity index (χ3n) is 1.98. The molecular weight excluding hydrogens is 160 g/mol. The molecule has 1 nitrogen and oxygen atoms in total. The Morgan fingerprint density at radius 2 is 1.92 bits per heavy atom. The van der Waals surface area contributed by atoms with Crippen molar-refractivity contribution in [3.63, 3.8) is 0 Å². The van der Waals surface area contributed by atoms with E-state index in [1.807, 2.05) is 49.4 Å². The van der Waals surface area contributed by atoms with Crippen LogP contribution in [0.3, 0.4) is 0 Å². The summed E-state index contributed by atoms with van der Waals surface area (Å²) in [6, 6.07) is 9.82. The number of ketones is 1. The molecule has 1 rings (SSSR count). The largest absolute Gasteiger partial charge is 0.299 e. The minimum absolute atomic E-state index is 0.0776. The minimum atomic E-state index is -0.0776. The number of benzene rings is 1. The van der Waals surface area contributed by atoms with Crippen LogP contribution in [0.1, 0.15) is 25.3 Å². The van der Waals surface area contributed by atoms with Gasteiger partial charge >= 0.3 is 0 Å². The van der Waals surface area contributed by atoms with Gasteiger partial charge < -0.3 is 0 Å². The highest BCUT2D eigenvalue weighted by atomic mass is 16.1. The third-order valence-corrected chi connectivity index (χ3v) is 1.98. The molecule has 0 amide bonds. The van der Waals surface area contributed by atoms with E-state index in [1.165, 1.54) is 0 Å². The molecule has 0 spiro atoms. The number of carbonyl (C=O) groups excluding carboxylic acids is 1. The van der Waals surface area contributed by atoms with Crippen LogP contribution >= 0.6 is 0 Å². The number of Topliss-reactive ketones (excluding diaryl/α,β-unsaturated/α-hetero) is 1. The van der Waals surface area contributed by atoms with Crippen molar-refractivity contribution >= 4 is 5.78 Å². The van der Waals surface area contributed by atoms with E-state index in [-0.39, 0.29) is 11.7 Å². The van der Waals surface area contributed by atoms with Crippen molar-refractivity contribution < 1.29 is 4.79 Å². The summed E-state index contributed by atoms with van der Waals surface area (Å²) in [5, 5.41) is 0. The second-order valence-electron chi connectivity index (χ2n) is 3.02. The standard InChI is InChI=1S/C12H14O/c1-3-7-12(10(2)13)11-8-5-4-6-9-11/h3-9,12H,1-2H3/b7-3+. The molecule has 0 fully saturated rings. The molecule has 0 radical (unpaired) electrons. The molecule has 1 atom stereocenters. The smallest absolute Gasteiger partial charge is 0.141 e. The lowest BCUT2D eigenvalue weighted by Gasteiger charge is -2.08. The van der Waals surface area contributed by atoms with Gasteiger partial charge in [0.25, 0.3) is 0 Å². The first-order valence-electron chi connectivity index (χ1n) is 4.44. The quantitative estimate of drug-likeness (QED) is 0.644. The summed E-state index contributed by atoms with van der Waals surface area (Å²) in [6.07, 6.45) is 3.84. The van der Waals surface area contributed by atoms with Gasteiger partial charge in [0, 0.05) is 0 Å². The van der Waals surface area contributed by atoms with Crippen LogP contribution in [0.15, 0.2) is 42.5 Å². The first-order valence-corrected chi connectivity index (χ1v) is 4.44. The van der Waals surface area contributed by atoms with Crippen LogP contribution in [0, 0.1) is 0 Å². The van der Waals surface area contributed by atoms with E-state index in [4.69, 9.17) is 0 Å². The molecule has 0 N–H and O–H groups in total. The van der Waals surface area contributed by atoms with Crippen molar-refractivity contribution in [1.82, 2.24) is 0 Å². The van der Waals surface area contributed by atoms with E-state index >= 15 is 0 Å². The van der Waals surface area contributed by atoms with Crippen LogP contribution in [-0.2, 0) is 4.79 Å². The van der Waals surface area contributed by atoms with Crippen LogP contribution in [0.5, 0.6) is 0 Å². The predicted molar refractivity (Wildman–Crippen MR) is 54.7 cm³/mol. The number of allylic oxidation sites excluding steroid dienone is 2. The van der Waals surface area contributed by atoms with Gasteiger partial charge in [0.2, 0.25) is 0 Å². The van der Waals surface area contributed by atoms with Crippen molar-refractivity contribution in [3.8, 4) is 0 Å². The van der Waals surface area contributed by atoms with E-state index in [2.05, 4.69) is 0 Å². The van der Waals surface area contributed by atoms with Crippen molar-refractivity contribution in [2.45, 2.75) is 19.8 Å². The molecule has 1 unspecified atom stereocenters. The molecule has 1 aromatic carbocycles. The average molecular weight is 174 g/mol. The second-order valence-corrected chi connectivity index (χ2v) is 3.02. The summed E-state index contributed by atoms with van der Waals surface area (Å²) in [5.74, 6) is 0.107. The maximum atomic E-state index is 11.3. The Bertz CT molecular complexity index is 298. The highest BCUT2D eigenvalue weighted by Crippen LogP contribution is 2.17. The Hall–Kier alpha value is -1.37. The number of hydrogen-bond acceptors (Lipinski definition) is 1. The van der Waals surface area contributed by atoms with Crippen molar-refractivity contribution in [2.75, 3.05) is 0 Å². The molecular formula is C12H14O. The number of carbonyl (C=O) groups is 1. The molecule has 0 aromatic heterocycles. The van der Waals surface area contributed by atoms with Crippen LogP contribution in [0.2, 0.25) is 0 Å². The SMILES string of the molecule is C/C=C/C(C(C)=O)c1ccccc1. The lowest BCUT2D eigenvalue weighted by molar-refractivity contribution is -0.117. The fraction of sp³-hybridized carbons (Fsp3) is 0.250. The topological polar surface area (TPSA) is 17.1 Å². The highest BCUT2D eigenvalue weighted by molar-refractivity contribution is 5.85. The van der Waals surface area contributed by atoms with Crippen molar-refractivity contribution in [1.29, 1.82) is 0 Å². The van der Waals surface area contributed by atoms with E-state index < -0.39 is 0 Å². The summed E-state index contributed by atoms with van der Waals surface area (Å²) in [7, 11) is 0. The molecule has 0 aliphatic rings. The van der Waals surface area contributed by atoms with Gasteiger partial charge in [-0.25, -0.2) is 0 Å². The second kappa shape index (κ2) is 4.61. The molecule has 0 aliphatic heterocycles. The van der Waals surface area contributed by atoms with Gasteiger partial charge in [-0.1, -0.05) is 42.5 Å². The van der Waals surface area contributed by atoms with Crippen molar-refractivity contribution in [3.05, 3.63) is 48.0 Å². The Kier molecular flexibility index (Phi) is 3.44. The average Bonchev–Trinajstić information content (AvgIpc) is 2.15. The maximum absolute atomic E-state index is 11.3. The Balaban J connectivity index is 2.96.